The summed E-state index contributed by atoms with van der Waals surface area (Å²) in [6.07, 6.45) is 3.77. The van der Waals surface area contributed by atoms with Crippen LogP contribution in [0.15, 0.2) is 72.8 Å². The molecule has 1 N–H and O–H groups in total. The van der Waals surface area contributed by atoms with E-state index in [9.17, 15) is 14.9 Å². The lowest BCUT2D eigenvalue weighted by molar-refractivity contribution is -0.384. The Hall–Kier alpha value is -3.73. The summed E-state index contributed by atoms with van der Waals surface area (Å²) < 4.78 is 0. The molecule has 1 amide bonds. The zero-order chi connectivity index (χ0) is 19.2. The summed E-state index contributed by atoms with van der Waals surface area (Å²) in [7, 11) is 0. The van der Waals surface area contributed by atoms with Crippen LogP contribution in [-0.2, 0) is 0 Å². The van der Waals surface area contributed by atoms with Gasteiger partial charge in [0.05, 0.1) is 4.92 Å². The first-order valence-corrected chi connectivity index (χ1v) is 8.42. The fourth-order valence-corrected chi connectivity index (χ4v) is 2.56. The van der Waals surface area contributed by atoms with Crippen molar-refractivity contribution in [2.45, 2.75) is 6.92 Å². The Balaban J connectivity index is 1.76. The average molecular weight is 358 g/mol. The van der Waals surface area contributed by atoms with Crippen molar-refractivity contribution in [2.75, 3.05) is 5.32 Å². The van der Waals surface area contributed by atoms with Gasteiger partial charge in [-0.05, 0) is 53.9 Å². The minimum absolute atomic E-state index is 0.0633. The summed E-state index contributed by atoms with van der Waals surface area (Å²) in [4.78, 5) is 22.6. The van der Waals surface area contributed by atoms with Gasteiger partial charge in [0.15, 0.2) is 0 Å². The normalized spacial score (nSPS) is 10.7. The summed E-state index contributed by atoms with van der Waals surface area (Å²) in [6.45, 7) is 1.93. The van der Waals surface area contributed by atoms with Gasteiger partial charge in [0.25, 0.3) is 11.6 Å². The van der Waals surface area contributed by atoms with Gasteiger partial charge >= 0.3 is 0 Å². The fraction of sp³-hybridized carbons (Fsp3) is 0.0455. The lowest BCUT2D eigenvalue weighted by Crippen LogP contribution is -2.12. The van der Waals surface area contributed by atoms with Gasteiger partial charge in [-0.1, -0.05) is 42.5 Å². The van der Waals surface area contributed by atoms with Crippen LogP contribution < -0.4 is 5.32 Å². The first-order chi connectivity index (χ1) is 13.0. The Morgan fingerprint density at radius 2 is 1.56 bits per heavy atom. The third-order valence-electron chi connectivity index (χ3n) is 4.12. The van der Waals surface area contributed by atoms with Crippen LogP contribution >= 0.6 is 0 Å². The second-order valence-electron chi connectivity index (χ2n) is 6.08. The van der Waals surface area contributed by atoms with Crippen molar-refractivity contribution in [3.05, 3.63) is 105 Å². The number of nitrogens with zero attached hydrogens (tertiary/aromatic N) is 1. The number of amides is 1. The van der Waals surface area contributed by atoms with E-state index in [1.54, 1.807) is 24.3 Å². The summed E-state index contributed by atoms with van der Waals surface area (Å²) in [6, 6.07) is 21.2. The SMILES string of the molecule is Cc1ccc(/C=C/c2ccc([N+](=O)[O-])cc2)cc1NC(=O)c1ccccc1. The molecule has 3 aromatic rings. The molecule has 27 heavy (non-hydrogen) atoms. The van der Waals surface area contributed by atoms with Gasteiger partial charge in [0.1, 0.15) is 0 Å². The molecule has 0 aromatic heterocycles. The van der Waals surface area contributed by atoms with E-state index in [4.69, 9.17) is 0 Å². The predicted molar refractivity (Wildman–Crippen MR) is 108 cm³/mol. The molecule has 0 aliphatic carbocycles. The van der Waals surface area contributed by atoms with Gasteiger partial charge in [-0.25, -0.2) is 0 Å². The maximum Gasteiger partial charge on any atom is 0.269 e. The molecule has 0 saturated heterocycles. The number of nitrogens with one attached hydrogen (secondary N) is 1. The number of nitro groups is 1. The number of nitro benzene ring substituents is 1. The van der Waals surface area contributed by atoms with E-state index in [-0.39, 0.29) is 11.6 Å². The molecule has 0 aliphatic rings. The van der Waals surface area contributed by atoms with Crippen LogP contribution in [0.5, 0.6) is 0 Å². The molecular weight excluding hydrogens is 340 g/mol. The molecule has 0 spiro atoms. The lowest BCUT2D eigenvalue weighted by atomic mass is 10.1. The van der Waals surface area contributed by atoms with Crippen molar-refractivity contribution >= 4 is 29.4 Å². The molecule has 3 rings (SSSR count). The molecule has 3 aromatic carbocycles. The number of hydrogen-bond donors (Lipinski definition) is 1. The number of carbonyl (C=O) groups is 1. The number of benzene rings is 3. The van der Waals surface area contributed by atoms with Crippen molar-refractivity contribution in [1.82, 2.24) is 0 Å². The van der Waals surface area contributed by atoms with E-state index in [1.165, 1.54) is 12.1 Å². The standard InChI is InChI=1S/C22H18N2O3/c1-16-7-8-18(10-9-17-11-13-20(14-12-17)24(26)27)15-21(16)23-22(25)19-5-3-2-4-6-19/h2-15H,1H3,(H,23,25)/b10-9+. The molecule has 0 bridgehead atoms. The first-order valence-electron chi connectivity index (χ1n) is 8.42. The largest absolute Gasteiger partial charge is 0.322 e. The maximum atomic E-state index is 12.4. The Kier molecular flexibility index (Phi) is 5.42. The van der Waals surface area contributed by atoms with Crippen LogP contribution in [-0.4, -0.2) is 10.8 Å². The minimum atomic E-state index is -0.421. The topological polar surface area (TPSA) is 72.2 Å². The zero-order valence-corrected chi connectivity index (χ0v) is 14.8. The van der Waals surface area contributed by atoms with Crippen LogP contribution in [0, 0.1) is 17.0 Å². The average Bonchev–Trinajstić information content (AvgIpc) is 2.69. The third kappa shape index (κ3) is 4.67. The highest BCUT2D eigenvalue weighted by atomic mass is 16.6. The van der Waals surface area contributed by atoms with Crippen LogP contribution in [0.4, 0.5) is 11.4 Å². The third-order valence-corrected chi connectivity index (χ3v) is 4.12. The minimum Gasteiger partial charge on any atom is -0.322 e. The zero-order valence-electron chi connectivity index (χ0n) is 14.8. The highest BCUT2D eigenvalue weighted by Crippen LogP contribution is 2.20. The summed E-state index contributed by atoms with van der Waals surface area (Å²) >= 11 is 0. The van der Waals surface area contributed by atoms with E-state index < -0.39 is 4.92 Å². The number of hydrogen-bond acceptors (Lipinski definition) is 3. The van der Waals surface area contributed by atoms with Crippen LogP contribution in [0.3, 0.4) is 0 Å². The van der Waals surface area contributed by atoms with Crippen molar-refractivity contribution in [3.8, 4) is 0 Å². The van der Waals surface area contributed by atoms with Crippen molar-refractivity contribution in [2.24, 2.45) is 0 Å². The number of non-ortho nitro benzene ring substituents is 1. The number of carbonyl (C=O) groups excluding carboxylic acids is 1. The Morgan fingerprint density at radius 3 is 2.22 bits per heavy atom. The van der Waals surface area contributed by atoms with Crippen molar-refractivity contribution in [1.29, 1.82) is 0 Å². The van der Waals surface area contributed by atoms with Crippen LogP contribution in [0.1, 0.15) is 27.0 Å². The van der Waals surface area contributed by atoms with Gasteiger partial charge in [-0.2, -0.15) is 0 Å². The quantitative estimate of drug-likeness (QED) is 0.381. The Bertz CT molecular complexity index is 994. The van der Waals surface area contributed by atoms with Crippen molar-refractivity contribution in [3.63, 3.8) is 0 Å². The molecule has 0 unspecified atom stereocenters. The van der Waals surface area contributed by atoms with Gasteiger partial charge in [0.2, 0.25) is 0 Å². The number of anilines is 1. The number of rotatable bonds is 5. The summed E-state index contributed by atoms with van der Waals surface area (Å²) in [5, 5.41) is 13.6. The van der Waals surface area contributed by atoms with Gasteiger partial charge in [-0.15, -0.1) is 0 Å². The molecule has 0 atom stereocenters. The molecule has 0 fully saturated rings. The van der Waals surface area contributed by atoms with E-state index in [1.807, 2.05) is 55.5 Å². The van der Waals surface area contributed by atoms with Gasteiger partial charge < -0.3 is 5.32 Å². The molecular formula is C22H18N2O3. The smallest absolute Gasteiger partial charge is 0.269 e. The molecule has 0 aliphatic heterocycles. The number of aryl methyl sites for hydroxylation is 1. The molecule has 5 nitrogen and oxygen atoms in total. The first kappa shape index (κ1) is 18.1. The molecule has 0 saturated carbocycles. The monoisotopic (exact) mass is 358 g/mol. The van der Waals surface area contributed by atoms with E-state index in [2.05, 4.69) is 5.32 Å². The van der Waals surface area contributed by atoms with Crippen molar-refractivity contribution < 1.29 is 9.72 Å². The Labute approximate surface area is 157 Å². The van der Waals surface area contributed by atoms with Gasteiger partial charge in [0, 0.05) is 23.4 Å². The molecule has 0 radical (unpaired) electrons. The van der Waals surface area contributed by atoms with Crippen LogP contribution in [0.25, 0.3) is 12.2 Å². The van der Waals surface area contributed by atoms with Gasteiger partial charge in [-0.3, -0.25) is 14.9 Å². The second kappa shape index (κ2) is 8.10. The van der Waals surface area contributed by atoms with E-state index in [0.29, 0.717) is 5.56 Å². The fourth-order valence-electron chi connectivity index (χ4n) is 2.56. The highest BCUT2D eigenvalue weighted by molar-refractivity contribution is 6.04. The highest BCUT2D eigenvalue weighted by Gasteiger charge is 2.07. The Morgan fingerprint density at radius 1 is 0.926 bits per heavy atom. The van der Waals surface area contributed by atoms with E-state index in [0.717, 1.165) is 22.4 Å². The molecule has 0 heterocycles. The second-order valence-corrected chi connectivity index (χ2v) is 6.08. The van der Waals surface area contributed by atoms with E-state index >= 15 is 0 Å². The lowest BCUT2D eigenvalue weighted by Gasteiger charge is -2.09. The summed E-state index contributed by atoms with van der Waals surface area (Å²) in [5.74, 6) is -0.157. The maximum absolute atomic E-state index is 12.4. The molecule has 5 heteroatoms. The molecule has 134 valence electrons. The predicted octanol–water partition coefficient (Wildman–Crippen LogP) is 5.33. The van der Waals surface area contributed by atoms with Crippen LogP contribution in [0.2, 0.25) is 0 Å². The summed E-state index contributed by atoms with van der Waals surface area (Å²) in [5.41, 5.74) is 4.15.